The molecule has 0 saturated heterocycles. The SMILES string of the molecule is Clc1cccc(-c2ccc(-c3cnc(-c4ccccc4)c(-c4ccccc4)n3)cc2)c1. The maximum absolute atomic E-state index is 6.14. The summed E-state index contributed by atoms with van der Waals surface area (Å²) in [5, 5.41) is 0.733. The fourth-order valence-corrected chi connectivity index (χ4v) is 3.82. The molecular weight excluding hydrogens is 400 g/mol. The molecule has 4 aromatic carbocycles. The van der Waals surface area contributed by atoms with Crippen molar-refractivity contribution in [2.45, 2.75) is 0 Å². The summed E-state index contributed by atoms with van der Waals surface area (Å²) < 4.78 is 0. The molecular formula is C28H19ClN2. The smallest absolute Gasteiger partial charge is 0.0972 e. The van der Waals surface area contributed by atoms with E-state index < -0.39 is 0 Å². The van der Waals surface area contributed by atoms with Gasteiger partial charge in [0, 0.05) is 21.7 Å². The molecule has 0 aliphatic rings. The minimum Gasteiger partial charge on any atom is -0.252 e. The minimum absolute atomic E-state index is 0.733. The van der Waals surface area contributed by atoms with Gasteiger partial charge in [-0.2, -0.15) is 0 Å². The second-order valence-electron chi connectivity index (χ2n) is 7.27. The fourth-order valence-electron chi connectivity index (χ4n) is 3.63. The Bertz CT molecular complexity index is 1310. The van der Waals surface area contributed by atoms with Gasteiger partial charge >= 0.3 is 0 Å². The highest BCUT2D eigenvalue weighted by molar-refractivity contribution is 6.30. The van der Waals surface area contributed by atoms with Crippen LogP contribution in [0.5, 0.6) is 0 Å². The van der Waals surface area contributed by atoms with Gasteiger partial charge in [0.25, 0.3) is 0 Å². The van der Waals surface area contributed by atoms with Crippen LogP contribution in [0.3, 0.4) is 0 Å². The van der Waals surface area contributed by atoms with Gasteiger partial charge in [-0.1, -0.05) is 109 Å². The molecule has 3 heteroatoms. The predicted molar refractivity (Wildman–Crippen MR) is 129 cm³/mol. The lowest BCUT2D eigenvalue weighted by Gasteiger charge is -2.11. The Hall–Kier alpha value is -3.75. The Morgan fingerprint density at radius 3 is 1.71 bits per heavy atom. The number of benzene rings is 4. The summed E-state index contributed by atoms with van der Waals surface area (Å²) in [7, 11) is 0. The number of hydrogen-bond donors (Lipinski definition) is 0. The zero-order valence-corrected chi connectivity index (χ0v) is 17.5. The number of nitrogens with zero attached hydrogens (tertiary/aromatic N) is 2. The van der Waals surface area contributed by atoms with Crippen LogP contribution in [0, 0.1) is 0 Å². The molecule has 148 valence electrons. The molecule has 0 saturated carbocycles. The van der Waals surface area contributed by atoms with Crippen molar-refractivity contribution >= 4 is 11.6 Å². The van der Waals surface area contributed by atoms with Crippen LogP contribution in [-0.4, -0.2) is 9.97 Å². The van der Waals surface area contributed by atoms with Gasteiger partial charge in [-0.05, 0) is 23.3 Å². The molecule has 5 aromatic rings. The first-order chi connectivity index (χ1) is 15.3. The lowest BCUT2D eigenvalue weighted by atomic mass is 10.0. The highest BCUT2D eigenvalue weighted by Crippen LogP contribution is 2.32. The van der Waals surface area contributed by atoms with Crippen LogP contribution >= 0.6 is 11.6 Å². The second-order valence-corrected chi connectivity index (χ2v) is 7.71. The summed E-state index contributed by atoms with van der Waals surface area (Å²) >= 11 is 6.14. The van der Waals surface area contributed by atoms with Crippen molar-refractivity contribution in [1.29, 1.82) is 0 Å². The van der Waals surface area contributed by atoms with E-state index >= 15 is 0 Å². The molecule has 5 rings (SSSR count). The largest absolute Gasteiger partial charge is 0.252 e. The highest BCUT2D eigenvalue weighted by Gasteiger charge is 2.13. The van der Waals surface area contributed by atoms with Gasteiger partial charge in [-0.3, -0.25) is 4.98 Å². The molecule has 0 aliphatic heterocycles. The molecule has 0 amide bonds. The Kier molecular flexibility index (Phi) is 5.30. The fraction of sp³-hybridized carbons (Fsp3) is 0. The van der Waals surface area contributed by atoms with Crippen LogP contribution < -0.4 is 0 Å². The van der Waals surface area contributed by atoms with Crippen molar-refractivity contribution in [3.05, 3.63) is 120 Å². The standard InChI is InChI=1S/C28H19ClN2/c29-25-13-7-12-24(18-25)20-14-16-21(17-15-20)26-19-30-27(22-8-3-1-4-9-22)28(31-26)23-10-5-2-6-11-23/h1-19H. The number of aromatic nitrogens is 2. The van der Waals surface area contributed by atoms with E-state index in [9.17, 15) is 0 Å². The quantitative estimate of drug-likeness (QED) is 0.297. The molecule has 0 bridgehead atoms. The first-order valence-corrected chi connectivity index (χ1v) is 10.5. The van der Waals surface area contributed by atoms with E-state index in [1.165, 1.54) is 0 Å². The number of halogens is 1. The molecule has 1 heterocycles. The van der Waals surface area contributed by atoms with Crippen LogP contribution in [0.25, 0.3) is 44.9 Å². The Balaban J connectivity index is 1.57. The average molecular weight is 419 g/mol. The highest BCUT2D eigenvalue weighted by atomic mass is 35.5. The summed E-state index contributed by atoms with van der Waals surface area (Å²) in [6.45, 7) is 0. The lowest BCUT2D eigenvalue weighted by Crippen LogP contribution is -1.96. The number of rotatable bonds is 4. The first-order valence-electron chi connectivity index (χ1n) is 10.1. The summed E-state index contributed by atoms with van der Waals surface area (Å²) in [6, 6.07) is 36.6. The van der Waals surface area contributed by atoms with Gasteiger partial charge in [0.15, 0.2) is 0 Å². The van der Waals surface area contributed by atoms with Crippen LogP contribution in [-0.2, 0) is 0 Å². The summed E-state index contributed by atoms with van der Waals surface area (Å²) in [5.41, 5.74) is 7.93. The zero-order valence-electron chi connectivity index (χ0n) is 16.7. The van der Waals surface area contributed by atoms with Crippen LogP contribution in [0.4, 0.5) is 0 Å². The molecule has 31 heavy (non-hydrogen) atoms. The molecule has 0 spiro atoms. The third-order valence-corrected chi connectivity index (χ3v) is 5.44. The van der Waals surface area contributed by atoms with Crippen molar-refractivity contribution in [3.8, 4) is 44.9 Å². The maximum Gasteiger partial charge on any atom is 0.0972 e. The molecule has 0 fully saturated rings. The third kappa shape index (κ3) is 4.11. The molecule has 0 unspecified atom stereocenters. The predicted octanol–water partition coefficient (Wildman–Crippen LogP) is 7.80. The monoisotopic (exact) mass is 418 g/mol. The minimum atomic E-state index is 0.733. The average Bonchev–Trinajstić information content (AvgIpc) is 2.85. The molecule has 0 radical (unpaired) electrons. The maximum atomic E-state index is 6.14. The summed E-state index contributed by atoms with van der Waals surface area (Å²) in [6.07, 6.45) is 1.85. The van der Waals surface area contributed by atoms with E-state index in [0.717, 1.165) is 49.9 Å². The Labute approximate surface area is 186 Å². The first kappa shape index (κ1) is 19.2. The molecule has 1 aromatic heterocycles. The van der Waals surface area contributed by atoms with E-state index in [2.05, 4.69) is 54.6 Å². The van der Waals surface area contributed by atoms with Gasteiger partial charge in [0.05, 0.1) is 23.3 Å². The molecule has 0 atom stereocenters. The Morgan fingerprint density at radius 2 is 1.06 bits per heavy atom. The molecule has 0 N–H and O–H groups in total. The van der Waals surface area contributed by atoms with Crippen molar-refractivity contribution in [2.75, 3.05) is 0 Å². The second kappa shape index (κ2) is 8.55. The van der Waals surface area contributed by atoms with E-state index in [-0.39, 0.29) is 0 Å². The van der Waals surface area contributed by atoms with E-state index in [1.807, 2.05) is 60.8 Å². The van der Waals surface area contributed by atoms with Crippen molar-refractivity contribution < 1.29 is 0 Å². The van der Waals surface area contributed by atoms with Crippen molar-refractivity contribution in [1.82, 2.24) is 9.97 Å². The van der Waals surface area contributed by atoms with Crippen molar-refractivity contribution in [2.24, 2.45) is 0 Å². The van der Waals surface area contributed by atoms with E-state index in [0.29, 0.717) is 0 Å². The normalized spacial score (nSPS) is 10.7. The van der Waals surface area contributed by atoms with Gasteiger partial charge in [0.2, 0.25) is 0 Å². The number of hydrogen-bond acceptors (Lipinski definition) is 2. The summed E-state index contributed by atoms with van der Waals surface area (Å²) in [5.74, 6) is 0. The van der Waals surface area contributed by atoms with E-state index in [1.54, 1.807) is 0 Å². The topological polar surface area (TPSA) is 25.8 Å². The Morgan fingerprint density at radius 1 is 0.484 bits per heavy atom. The zero-order chi connectivity index (χ0) is 21.0. The van der Waals surface area contributed by atoms with Gasteiger partial charge < -0.3 is 0 Å². The van der Waals surface area contributed by atoms with E-state index in [4.69, 9.17) is 21.6 Å². The van der Waals surface area contributed by atoms with Crippen molar-refractivity contribution in [3.63, 3.8) is 0 Å². The van der Waals surface area contributed by atoms with Crippen LogP contribution in [0.15, 0.2) is 115 Å². The molecule has 0 aliphatic carbocycles. The lowest BCUT2D eigenvalue weighted by molar-refractivity contribution is 1.21. The van der Waals surface area contributed by atoms with Crippen LogP contribution in [0.2, 0.25) is 5.02 Å². The summed E-state index contributed by atoms with van der Waals surface area (Å²) in [4.78, 5) is 9.84. The van der Waals surface area contributed by atoms with Gasteiger partial charge in [-0.15, -0.1) is 0 Å². The van der Waals surface area contributed by atoms with Crippen LogP contribution in [0.1, 0.15) is 0 Å². The molecule has 2 nitrogen and oxygen atoms in total. The van der Waals surface area contributed by atoms with Gasteiger partial charge in [-0.25, -0.2) is 4.98 Å². The van der Waals surface area contributed by atoms with Gasteiger partial charge in [0.1, 0.15) is 0 Å². The third-order valence-electron chi connectivity index (χ3n) is 5.21.